The van der Waals surface area contributed by atoms with Gasteiger partial charge in [-0.2, -0.15) is 18.3 Å². The molecule has 1 aliphatic rings. The van der Waals surface area contributed by atoms with Gasteiger partial charge < -0.3 is 10.2 Å². The van der Waals surface area contributed by atoms with Crippen molar-refractivity contribution in [3.05, 3.63) is 83.3 Å². The average molecular weight is 521 g/mol. The molecule has 5 rings (SSSR count). The molecule has 0 unspecified atom stereocenters. The standard InChI is InChI=1S/C26H23F3N8O/c1-35-10-12-36(13-11-35)17-19-3-4-20(14-21(19)26(27,28)29)33-25(38)22-6-8-30-23(34-22)5-2-18-15-31-24-7-9-32-37(24)16-18/h3-4,6-9,14-16H,10-13,17H2,1H3,(H,33,38). The van der Waals surface area contributed by atoms with Crippen molar-refractivity contribution in [2.45, 2.75) is 12.7 Å². The Labute approximate surface area is 216 Å². The normalized spacial score (nSPS) is 14.7. The highest BCUT2D eigenvalue weighted by molar-refractivity contribution is 6.02. The Morgan fingerprint density at radius 2 is 1.87 bits per heavy atom. The third kappa shape index (κ3) is 5.96. The number of hydrogen-bond acceptors (Lipinski definition) is 7. The number of benzene rings is 1. The summed E-state index contributed by atoms with van der Waals surface area (Å²) in [6.45, 7) is 3.18. The van der Waals surface area contributed by atoms with Gasteiger partial charge in [-0.05, 0) is 36.7 Å². The molecule has 12 heteroatoms. The average Bonchev–Trinajstić information content (AvgIpc) is 3.37. The minimum Gasteiger partial charge on any atom is -0.321 e. The van der Waals surface area contributed by atoms with Crippen LogP contribution in [0.1, 0.15) is 33.0 Å². The van der Waals surface area contributed by atoms with Gasteiger partial charge in [-0.3, -0.25) is 9.69 Å². The third-order valence-corrected chi connectivity index (χ3v) is 6.12. The van der Waals surface area contributed by atoms with E-state index in [9.17, 15) is 18.0 Å². The number of carbonyl (C=O) groups is 1. The number of aromatic nitrogens is 5. The van der Waals surface area contributed by atoms with Crippen LogP contribution < -0.4 is 5.32 Å². The Morgan fingerprint density at radius 3 is 2.66 bits per heavy atom. The van der Waals surface area contributed by atoms with E-state index in [-0.39, 0.29) is 29.3 Å². The van der Waals surface area contributed by atoms with Gasteiger partial charge in [0, 0.05) is 63.1 Å². The molecule has 1 saturated heterocycles. The minimum absolute atomic E-state index is 0.0225. The van der Waals surface area contributed by atoms with E-state index < -0.39 is 17.6 Å². The molecule has 9 nitrogen and oxygen atoms in total. The van der Waals surface area contributed by atoms with Crippen LogP contribution in [0.3, 0.4) is 0 Å². The Balaban J connectivity index is 1.31. The first kappa shape index (κ1) is 25.3. The zero-order chi connectivity index (χ0) is 26.7. The predicted octanol–water partition coefficient (Wildman–Crippen LogP) is 2.94. The summed E-state index contributed by atoms with van der Waals surface area (Å²) in [6.07, 6.45) is 1.68. The van der Waals surface area contributed by atoms with Crippen molar-refractivity contribution >= 4 is 17.2 Å². The molecule has 1 amide bonds. The summed E-state index contributed by atoms with van der Waals surface area (Å²) in [6, 6.07) is 6.96. The lowest BCUT2D eigenvalue weighted by Gasteiger charge is -2.33. The molecule has 38 heavy (non-hydrogen) atoms. The highest BCUT2D eigenvalue weighted by atomic mass is 19.4. The van der Waals surface area contributed by atoms with Crippen LogP contribution in [-0.4, -0.2) is 73.5 Å². The van der Waals surface area contributed by atoms with E-state index in [0.29, 0.717) is 24.3 Å². The lowest BCUT2D eigenvalue weighted by molar-refractivity contribution is -0.138. The van der Waals surface area contributed by atoms with Crippen LogP contribution in [-0.2, 0) is 12.7 Å². The zero-order valence-corrected chi connectivity index (χ0v) is 20.4. The number of rotatable bonds is 4. The van der Waals surface area contributed by atoms with Gasteiger partial charge in [0.2, 0.25) is 5.82 Å². The lowest BCUT2D eigenvalue weighted by atomic mass is 10.0. The summed E-state index contributed by atoms with van der Waals surface area (Å²) in [5.41, 5.74) is 0.630. The Hall–Kier alpha value is -4.34. The monoisotopic (exact) mass is 520 g/mol. The molecule has 1 aromatic carbocycles. The van der Waals surface area contributed by atoms with E-state index in [1.54, 1.807) is 29.2 Å². The lowest BCUT2D eigenvalue weighted by Crippen LogP contribution is -2.44. The van der Waals surface area contributed by atoms with E-state index in [1.807, 2.05) is 11.9 Å². The number of nitrogens with zero attached hydrogens (tertiary/aromatic N) is 7. The SMILES string of the molecule is CN1CCN(Cc2ccc(NC(=O)c3ccnc(C#Cc4cnc5ccnn5c4)n3)cc2C(F)(F)F)CC1. The Kier molecular flexibility index (Phi) is 7.04. The summed E-state index contributed by atoms with van der Waals surface area (Å²) < 4.78 is 43.2. The van der Waals surface area contributed by atoms with Crippen LogP contribution in [0.2, 0.25) is 0 Å². The van der Waals surface area contributed by atoms with E-state index in [4.69, 9.17) is 0 Å². The van der Waals surface area contributed by atoms with Gasteiger partial charge >= 0.3 is 6.18 Å². The molecule has 3 aromatic heterocycles. The van der Waals surface area contributed by atoms with E-state index in [0.717, 1.165) is 19.2 Å². The number of nitrogens with one attached hydrogen (secondary N) is 1. The second-order valence-corrected chi connectivity index (χ2v) is 8.90. The molecular weight excluding hydrogens is 497 g/mol. The fourth-order valence-corrected chi connectivity index (χ4v) is 4.05. The second-order valence-electron chi connectivity index (χ2n) is 8.90. The van der Waals surface area contributed by atoms with Gasteiger partial charge in [-0.15, -0.1) is 0 Å². The number of piperazine rings is 1. The first-order valence-electron chi connectivity index (χ1n) is 11.8. The van der Waals surface area contributed by atoms with Gasteiger partial charge in [-0.25, -0.2) is 19.5 Å². The highest BCUT2D eigenvalue weighted by Crippen LogP contribution is 2.34. The van der Waals surface area contributed by atoms with Crippen LogP contribution >= 0.6 is 0 Å². The fourth-order valence-electron chi connectivity index (χ4n) is 4.05. The molecule has 0 saturated carbocycles. The van der Waals surface area contributed by atoms with Crippen LogP contribution in [0, 0.1) is 11.8 Å². The van der Waals surface area contributed by atoms with Crippen molar-refractivity contribution in [3.8, 4) is 11.8 Å². The van der Waals surface area contributed by atoms with Gasteiger partial charge in [0.1, 0.15) is 5.69 Å². The first-order chi connectivity index (χ1) is 18.2. The second kappa shape index (κ2) is 10.6. The molecule has 1 fully saturated rings. The highest BCUT2D eigenvalue weighted by Gasteiger charge is 2.34. The van der Waals surface area contributed by atoms with Crippen LogP contribution in [0.25, 0.3) is 5.65 Å². The van der Waals surface area contributed by atoms with E-state index in [2.05, 4.69) is 42.1 Å². The summed E-state index contributed by atoms with van der Waals surface area (Å²) >= 11 is 0. The molecule has 0 radical (unpaired) electrons. The number of fused-ring (bicyclic) bond motifs is 1. The zero-order valence-electron chi connectivity index (χ0n) is 20.4. The fraction of sp³-hybridized carbons (Fsp3) is 0.269. The van der Waals surface area contributed by atoms with Crippen molar-refractivity contribution in [1.29, 1.82) is 0 Å². The number of amides is 1. The molecule has 4 aromatic rings. The maximum atomic E-state index is 13.9. The van der Waals surface area contributed by atoms with Gasteiger partial charge in [0.15, 0.2) is 5.65 Å². The largest absolute Gasteiger partial charge is 0.416 e. The Morgan fingerprint density at radius 1 is 1.05 bits per heavy atom. The van der Waals surface area contributed by atoms with Crippen LogP contribution in [0.5, 0.6) is 0 Å². The first-order valence-corrected chi connectivity index (χ1v) is 11.8. The molecule has 0 atom stereocenters. The maximum absolute atomic E-state index is 13.9. The number of halogens is 3. The van der Waals surface area contributed by atoms with Crippen molar-refractivity contribution in [1.82, 2.24) is 34.4 Å². The molecule has 0 bridgehead atoms. The minimum atomic E-state index is -4.56. The molecular formula is C26H23F3N8O. The summed E-state index contributed by atoms with van der Waals surface area (Å²) in [5.74, 6) is 5.04. The number of hydrogen-bond donors (Lipinski definition) is 1. The van der Waals surface area contributed by atoms with Gasteiger partial charge in [-0.1, -0.05) is 12.0 Å². The van der Waals surface area contributed by atoms with E-state index in [1.165, 1.54) is 24.4 Å². The summed E-state index contributed by atoms with van der Waals surface area (Å²) in [5, 5.41) is 6.60. The number of alkyl halides is 3. The number of carbonyl (C=O) groups excluding carboxylic acids is 1. The van der Waals surface area contributed by atoms with Gasteiger partial charge in [0.05, 0.1) is 17.3 Å². The molecule has 4 heterocycles. The number of anilines is 1. The molecule has 1 N–H and O–H groups in total. The van der Waals surface area contributed by atoms with Crippen molar-refractivity contribution in [2.24, 2.45) is 0 Å². The van der Waals surface area contributed by atoms with Crippen molar-refractivity contribution in [3.63, 3.8) is 0 Å². The van der Waals surface area contributed by atoms with Crippen LogP contribution in [0.15, 0.2) is 55.1 Å². The molecule has 194 valence electrons. The van der Waals surface area contributed by atoms with Crippen LogP contribution in [0.4, 0.5) is 18.9 Å². The summed E-state index contributed by atoms with van der Waals surface area (Å²) in [4.78, 5) is 29.3. The smallest absolute Gasteiger partial charge is 0.321 e. The molecule has 0 spiro atoms. The van der Waals surface area contributed by atoms with Gasteiger partial charge in [0.25, 0.3) is 5.91 Å². The summed E-state index contributed by atoms with van der Waals surface area (Å²) in [7, 11) is 1.99. The topological polar surface area (TPSA) is 91.5 Å². The van der Waals surface area contributed by atoms with E-state index >= 15 is 0 Å². The third-order valence-electron chi connectivity index (χ3n) is 6.12. The predicted molar refractivity (Wildman–Crippen MR) is 133 cm³/mol. The van der Waals surface area contributed by atoms with Crippen molar-refractivity contribution < 1.29 is 18.0 Å². The van der Waals surface area contributed by atoms with Crippen molar-refractivity contribution in [2.75, 3.05) is 38.5 Å². The molecule has 1 aliphatic heterocycles. The Bertz CT molecular complexity index is 1530. The molecule has 0 aliphatic carbocycles. The quantitative estimate of drug-likeness (QED) is 0.414. The maximum Gasteiger partial charge on any atom is 0.416 e. The number of likely N-dealkylation sites (N-methyl/N-ethyl adjacent to an activating group) is 1.